The fourth-order valence-electron chi connectivity index (χ4n) is 6.35. The summed E-state index contributed by atoms with van der Waals surface area (Å²) in [7, 11) is 0.0728. The van der Waals surface area contributed by atoms with Gasteiger partial charge >= 0.3 is 0 Å². The first kappa shape index (κ1) is 15.8. The second-order valence-electron chi connectivity index (χ2n) is 8.23. The Balaban J connectivity index is 1.73. The van der Waals surface area contributed by atoms with Gasteiger partial charge in [0.2, 0.25) is 0 Å². The van der Waals surface area contributed by atoms with Gasteiger partial charge in [-0.1, -0.05) is 78.9 Å². The summed E-state index contributed by atoms with van der Waals surface area (Å²) in [6, 6.07) is 31.9. The number of allylic oxidation sites excluding steroid dienone is 2. The molecule has 1 saturated carbocycles. The van der Waals surface area contributed by atoms with E-state index in [1.165, 1.54) is 16.9 Å². The van der Waals surface area contributed by atoms with Gasteiger partial charge in [0.25, 0.3) is 0 Å². The van der Waals surface area contributed by atoms with Crippen LogP contribution < -0.4 is 0 Å². The summed E-state index contributed by atoms with van der Waals surface area (Å²) < 4.78 is 0.193. The van der Waals surface area contributed by atoms with Gasteiger partial charge in [-0.25, -0.2) is 0 Å². The van der Waals surface area contributed by atoms with Crippen molar-refractivity contribution in [3.63, 3.8) is 0 Å². The van der Waals surface area contributed by atoms with Gasteiger partial charge in [0.05, 0.1) is 16.3 Å². The molecule has 0 spiro atoms. The zero-order valence-corrected chi connectivity index (χ0v) is 16.3. The van der Waals surface area contributed by atoms with Crippen LogP contribution in [-0.4, -0.2) is 4.75 Å². The molecule has 1 unspecified atom stereocenters. The van der Waals surface area contributed by atoms with Crippen molar-refractivity contribution in [2.45, 2.75) is 33.3 Å². The molecule has 0 aromatic heterocycles. The lowest BCUT2D eigenvalue weighted by molar-refractivity contribution is 0.363. The molecule has 1 heterocycles. The van der Waals surface area contributed by atoms with Crippen LogP contribution in [0.5, 0.6) is 0 Å². The number of hydrogen-bond acceptors (Lipinski definition) is 0. The summed E-state index contributed by atoms with van der Waals surface area (Å²) in [6.45, 7) is 2.59. The van der Waals surface area contributed by atoms with Gasteiger partial charge in [0.15, 0.2) is 14.5 Å². The van der Waals surface area contributed by atoms with Crippen molar-refractivity contribution in [1.29, 1.82) is 0 Å². The van der Waals surface area contributed by atoms with E-state index in [2.05, 4.69) is 104 Å². The second-order valence-corrected chi connectivity index (χ2v) is 10.6. The maximum Gasteiger partial charge on any atom is 0.165 e. The lowest BCUT2D eigenvalue weighted by atomic mass is 9.61. The topological polar surface area (TPSA) is 0 Å². The first-order valence-corrected chi connectivity index (χ1v) is 11.1. The van der Waals surface area contributed by atoms with E-state index < -0.39 is 0 Å². The first-order valence-electron chi connectivity index (χ1n) is 9.90. The molecule has 3 aromatic rings. The molecule has 1 aliphatic heterocycles. The van der Waals surface area contributed by atoms with Crippen molar-refractivity contribution >= 4 is 10.9 Å². The standard InChI is InChI=1S/C26H23S/c1-25-20-16-17-21(18-20)26(25,19-10-4-2-5-11-19)23-14-8-9-15-24(23)27(25)22-12-6-3-7-13-22/h2-17,20-21H,18H2,1H3/q+1/t20-,21+,25-,26-,27?/m1/s1. The van der Waals surface area contributed by atoms with Crippen molar-refractivity contribution in [3.05, 3.63) is 108 Å². The highest BCUT2D eigenvalue weighted by Crippen LogP contribution is 2.72. The zero-order valence-electron chi connectivity index (χ0n) is 15.5. The highest BCUT2D eigenvalue weighted by molar-refractivity contribution is 7.98. The van der Waals surface area contributed by atoms with Gasteiger partial charge in [-0.2, -0.15) is 0 Å². The highest BCUT2D eigenvalue weighted by atomic mass is 32.2. The molecule has 2 aliphatic carbocycles. The third-order valence-corrected chi connectivity index (χ3v) is 10.3. The molecule has 6 rings (SSSR count). The Morgan fingerprint density at radius 2 is 1.37 bits per heavy atom. The van der Waals surface area contributed by atoms with Gasteiger partial charge in [-0.3, -0.25) is 0 Å². The van der Waals surface area contributed by atoms with Crippen LogP contribution in [0.25, 0.3) is 0 Å². The molecule has 0 radical (unpaired) electrons. The third kappa shape index (κ3) is 1.72. The quantitative estimate of drug-likeness (QED) is 0.386. The predicted molar refractivity (Wildman–Crippen MR) is 113 cm³/mol. The molecule has 5 atom stereocenters. The molecule has 1 fully saturated rings. The van der Waals surface area contributed by atoms with Crippen LogP contribution in [0.15, 0.2) is 107 Å². The monoisotopic (exact) mass is 367 g/mol. The normalized spacial score (nSPS) is 35.2. The van der Waals surface area contributed by atoms with Gasteiger partial charge in [-0.05, 0) is 43.0 Å². The van der Waals surface area contributed by atoms with E-state index in [-0.39, 0.29) is 21.1 Å². The highest BCUT2D eigenvalue weighted by Gasteiger charge is 2.78. The summed E-state index contributed by atoms with van der Waals surface area (Å²) in [5.74, 6) is 1.23. The zero-order chi connectivity index (χ0) is 18.1. The fraction of sp³-hybridized carbons (Fsp3) is 0.231. The molecule has 0 amide bonds. The van der Waals surface area contributed by atoms with E-state index >= 15 is 0 Å². The maximum absolute atomic E-state index is 2.59. The van der Waals surface area contributed by atoms with E-state index in [0.29, 0.717) is 11.8 Å². The first-order chi connectivity index (χ1) is 13.3. The van der Waals surface area contributed by atoms with Crippen LogP contribution in [0.1, 0.15) is 24.5 Å². The fourth-order valence-corrected chi connectivity index (χ4v) is 9.83. The van der Waals surface area contributed by atoms with Crippen LogP contribution >= 0.6 is 0 Å². The Morgan fingerprint density at radius 3 is 2.15 bits per heavy atom. The summed E-state index contributed by atoms with van der Waals surface area (Å²) in [6.07, 6.45) is 6.34. The predicted octanol–water partition coefficient (Wildman–Crippen LogP) is 5.99. The van der Waals surface area contributed by atoms with E-state index in [1.54, 1.807) is 10.5 Å². The minimum Gasteiger partial charge on any atom is -0.0835 e. The van der Waals surface area contributed by atoms with Crippen LogP contribution in [0, 0.1) is 11.8 Å². The molecule has 2 bridgehead atoms. The van der Waals surface area contributed by atoms with Crippen molar-refractivity contribution in [2.24, 2.45) is 11.8 Å². The van der Waals surface area contributed by atoms with E-state index in [1.807, 2.05) is 0 Å². The average Bonchev–Trinajstić information content (AvgIpc) is 3.36. The average molecular weight is 368 g/mol. The molecule has 1 heteroatoms. The van der Waals surface area contributed by atoms with Crippen LogP contribution in [0.4, 0.5) is 0 Å². The van der Waals surface area contributed by atoms with Crippen LogP contribution in [0.2, 0.25) is 0 Å². The maximum atomic E-state index is 2.59. The van der Waals surface area contributed by atoms with Gasteiger partial charge in [0.1, 0.15) is 0 Å². The van der Waals surface area contributed by atoms with Crippen molar-refractivity contribution in [3.8, 4) is 0 Å². The molecule has 3 aliphatic rings. The molecule has 0 saturated heterocycles. The number of fused-ring (bicyclic) bond motifs is 7. The minimum atomic E-state index is 0.0728. The Morgan fingerprint density at radius 1 is 0.741 bits per heavy atom. The number of hydrogen-bond donors (Lipinski definition) is 0. The third-order valence-electron chi connectivity index (χ3n) is 7.29. The Hall–Kier alpha value is -2.25. The summed E-state index contributed by atoms with van der Waals surface area (Å²) in [4.78, 5) is 3.06. The Kier molecular flexibility index (Phi) is 3.15. The molecular formula is C26H23S+. The summed E-state index contributed by atoms with van der Waals surface area (Å²) >= 11 is 0. The summed E-state index contributed by atoms with van der Waals surface area (Å²) in [5, 5.41) is 0. The Bertz CT molecular complexity index is 1040. The van der Waals surface area contributed by atoms with Gasteiger partial charge < -0.3 is 0 Å². The van der Waals surface area contributed by atoms with Crippen molar-refractivity contribution in [2.75, 3.05) is 0 Å². The van der Waals surface area contributed by atoms with Crippen LogP contribution in [0.3, 0.4) is 0 Å². The second kappa shape index (κ2) is 5.39. The van der Waals surface area contributed by atoms with E-state index in [9.17, 15) is 0 Å². The van der Waals surface area contributed by atoms with Crippen molar-refractivity contribution < 1.29 is 0 Å². The lowest BCUT2D eigenvalue weighted by Crippen LogP contribution is -2.53. The number of benzene rings is 3. The molecule has 132 valence electrons. The lowest BCUT2D eigenvalue weighted by Gasteiger charge is -2.42. The summed E-state index contributed by atoms with van der Waals surface area (Å²) in [5.41, 5.74) is 3.16. The number of rotatable bonds is 2. The molecule has 0 nitrogen and oxygen atoms in total. The molecule has 3 aromatic carbocycles. The molecule has 27 heavy (non-hydrogen) atoms. The SMILES string of the molecule is C[C@@]12[C@@H]3C=C[C@@H](C3)[C@]1(c1ccccc1)c1ccccc1[S+]2c1ccccc1. The molecule has 0 N–H and O–H groups in total. The molecular weight excluding hydrogens is 344 g/mol. The van der Waals surface area contributed by atoms with E-state index in [4.69, 9.17) is 0 Å². The van der Waals surface area contributed by atoms with E-state index in [0.717, 1.165) is 0 Å². The largest absolute Gasteiger partial charge is 0.165 e. The van der Waals surface area contributed by atoms with Crippen LogP contribution in [-0.2, 0) is 16.3 Å². The smallest absolute Gasteiger partial charge is 0.0835 e. The van der Waals surface area contributed by atoms with Crippen molar-refractivity contribution in [1.82, 2.24) is 0 Å². The van der Waals surface area contributed by atoms with Gasteiger partial charge in [0, 0.05) is 11.5 Å². The minimum absolute atomic E-state index is 0.0728. The van der Waals surface area contributed by atoms with Gasteiger partial charge in [-0.15, -0.1) is 0 Å². The Labute approximate surface area is 164 Å².